The van der Waals surface area contributed by atoms with E-state index in [1.54, 1.807) is 0 Å². The highest BCUT2D eigenvalue weighted by Gasteiger charge is 2.10. The van der Waals surface area contributed by atoms with Gasteiger partial charge in [0.2, 0.25) is 0 Å². The van der Waals surface area contributed by atoms with E-state index in [0.717, 1.165) is 29.7 Å². The lowest BCUT2D eigenvalue weighted by Crippen LogP contribution is -2.03. The zero-order valence-corrected chi connectivity index (χ0v) is 16.2. The predicted octanol–water partition coefficient (Wildman–Crippen LogP) is 5.63. The van der Waals surface area contributed by atoms with E-state index >= 15 is 0 Å². The van der Waals surface area contributed by atoms with Crippen molar-refractivity contribution in [2.75, 3.05) is 0 Å². The lowest BCUT2D eigenvalue weighted by molar-refractivity contribution is -0.137. The molecule has 0 heterocycles. The second kappa shape index (κ2) is 9.75. The zero-order valence-electron chi connectivity index (χ0n) is 16.2. The number of carboxylic acid groups (broad SMARTS) is 1. The van der Waals surface area contributed by atoms with Crippen molar-refractivity contribution in [3.05, 3.63) is 101 Å². The predicted molar refractivity (Wildman–Crippen MR) is 112 cm³/mol. The second-order valence-electron chi connectivity index (χ2n) is 7.16. The number of aryl methyl sites for hydroxylation is 2. The van der Waals surface area contributed by atoms with Crippen molar-refractivity contribution in [1.29, 1.82) is 0 Å². The summed E-state index contributed by atoms with van der Waals surface area (Å²) in [5.41, 5.74) is 4.82. The summed E-state index contributed by atoms with van der Waals surface area (Å²) in [6.45, 7) is 2.44. The third-order valence-electron chi connectivity index (χ3n) is 4.90. The summed E-state index contributed by atoms with van der Waals surface area (Å²) in [6, 6.07) is 26.8. The van der Waals surface area contributed by atoms with Gasteiger partial charge in [-0.3, -0.25) is 4.79 Å². The van der Waals surface area contributed by atoms with E-state index in [0.29, 0.717) is 6.61 Å². The standard InChI is InChI=1S/C25H26O3/c1-19(17-25(26)27)23-13-15-24(16-14-23)28-18-22-11-9-21(10-12-22)8-7-20-5-3-2-4-6-20/h2-6,9-16,19H,7-8,17-18H2,1H3,(H,26,27). The molecule has 0 spiro atoms. The maximum Gasteiger partial charge on any atom is 0.303 e. The highest BCUT2D eigenvalue weighted by molar-refractivity contribution is 5.68. The first-order chi connectivity index (χ1) is 13.6. The van der Waals surface area contributed by atoms with Gasteiger partial charge in [0.25, 0.3) is 0 Å². The number of hydrogen-bond acceptors (Lipinski definition) is 2. The normalized spacial score (nSPS) is 11.8. The third kappa shape index (κ3) is 5.98. The zero-order chi connectivity index (χ0) is 19.8. The average molecular weight is 374 g/mol. The Kier molecular flexibility index (Phi) is 6.85. The van der Waals surface area contributed by atoms with Gasteiger partial charge in [0.05, 0.1) is 6.42 Å². The molecule has 0 aliphatic carbocycles. The van der Waals surface area contributed by atoms with Crippen LogP contribution >= 0.6 is 0 Å². The minimum Gasteiger partial charge on any atom is -0.489 e. The maximum absolute atomic E-state index is 10.8. The van der Waals surface area contributed by atoms with E-state index in [-0.39, 0.29) is 12.3 Å². The molecule has 3 aromatic rings. The van der Waals surface area contributed by atoms with Crippen LogP contribution in [0.15, 0.2) is 78.9 Å². The number of ether oxygens (including phenoxy) is 1. The second-order valence-corrected chi connectivity index (χ2v) is 7.16. The van der Waals surface area contributed by atoms with Gasteiger partial charge in [0.1, 0.15) is 12.4 Å². The topological polar surface area (TPSA) is 46.5 Å². The van der Waals surface area contributed by atoms with Gasteiger partial charge in [-0.25, -0.2) is 0 Å². The Morgan fingerprint density at radius 2 is 1.39 bits per heavy atom. The van der Waals surface area contributed by atoms with Gasteiger partial charge in [-0.2, -0.15) is 0 Å². The van der Waals surface area contributed by atoms with E-state index in [2.05, 4.69) is 48.5 Å². The molecule has 28 heavy (non-hydrogen) atoms. The van der Waals surface area contributed by atoms with Crippen LogP contribution in [0.1, 0.15) is 41.5 Å². The van der Waals surface area contributed by atoms with E-state index < -0.39 is 5.97 Å². The van der Waals surface area contributed by atoms with E-state index in [1.165, 1.54) is 11.1 Å². The number of carboxylic acids is 1. The van der Waals surface area contributed by atoms with Gasteiger partial charge in [-0.05, 0) is 53.1 Å². The third-order valence-corrected chi connectivity index (χ3v) is 4.90. The number of benzene rings is 3. The molecule has 3 nitrogen and oxygen atoms in total. The first-order valence-electron chi connectivity index (χ1n) is 9.66. The van der Waals surface area contributed by atoms with Crippen LogP contribution in [0.3, 0.4) is 0 Å². The molecule has 0 aliphatic heterocycles. The van der Waals surface area contributed by atoms with Gasteiger partial charge in [-0.1, -0.05) is 73.7 Å². The van der Waals surface area contributed by atoms with Crippen molar-refractivity contribution in [1.82, 2.24) is 0 Å². The number of rotatable bonds is 9. The van der Waals surface area contributed by atoms with Gasteiger partial charge in [0.15, 0.2) is 0 Å². The van der Waals surface area contributed by atoms with Gasteiger partial charge >= 0.3 is 5.97 Å². The Morgan fingerprint density at radius 1 is 0.821 bits per heavy atom. The molecule has 0 radical (unpaired) electrons. The SMILES string of the molecule is CC(CC(=O)O)c1ccc(OCc2ccc(CCc3ccccc3)cc2)cc1. The molecule has 0 amide bonds. The Bertz CT molecular complexity index is 868. The molecular formula is C25H26O3. The number of carbonyl (C=O) groups is 1. The van der Waals surface area contributed by atoms with Gasteiger partial charge in [-0.15, -0.1) is 0 Å². The molecule has 0 saturated heterocycles. The summed E-state index contributed by atoms with van der Waals surface area (Å²) in [5, 5.41) is 8.90. The molecule has 3 heteroatoms. The molecule has 3 aromatic carbocycles. The molecule has 0 aromatic heterocycles. The summed E-state index contributed by atoms with van der Waals surface area (Å²) >= 11 is 0. The maximum atomic E-state index is 10.8. The van der Waals surface area contributed by atoms with Crippen molar-refractivity contribution in [3.63, 3.8) is 0 Å². The van der Waals surface area contributed by atoms with Crippen LogP contribution in [0.2, 0.25) is 0 Å². The quantitative estimate of drug-likeness (QED) is 0.528. The average Bonchev–Trinajstić information content (AvgIpc) is 2.72. The van der Waals surface area contributed by atoms with Crippen LogP contribution in [-0.4, -0.2) is 11.1 Å². The lowest BCUT2D eigenvalue weighted by Gasteiger charge is -2.11. The number of hydrogen-bond donors (Lipinski definition) is 1. The monoisotopic (exact) mass is 374 g/mol. The first-order valence-corrected chi connectivity index (χ1v) is 9.66. The Balaban J connectivity index is 1.48. The molecule has 0 aliphatic rings. The summed E-state index contributed by atoms with van der Waals surface area (Å²) in [7, 11) is 0. The number of aliphatic carboxylic acids is 1. The van der Waals surface area contributed by atoms with Crippen molar-refractivity contribution < 1.29 is 14.6 Å². The van der Waals surface area contributed by atoms with Crippen LogP contribution in [-0.2, 0) is 24.2 Å². The Labute approximate surface area is 166 Å². The van der Waals surface area contributed by atoms with Crippen molar-refractivity contribution >= 4 is 5.97 Å². The molecule has 1 unspecified atom stereocenters. The molecule has 1 atom stereocenters. The molecule has 1 N–H and O–H groups in total. The summed E-state index contributed by atoms with van der Waals surface area (Å²) in [4.78, 5) is 10.8. The van der Waals surface area contributed by atoms with Crippen molar-refractivity contribution in [2.45, 2.75) is 38.7 Å². The smallest absolute Gasteiger partial charge is 0.303 e. The van der Waals surface area contributed by atoms with E-state index in [1.807, 2.05) is 37.3 Å². The lowest BCUT2D eigenvalue weighted by atomic mass is 9.98. The summed E-state index contributed by atoms with van der Waals surface area (Å²) in [6.07, 6.45) is 2.21. The summed E-state index contributed by atoms with van der Waals surface area (Å²) in [5.74, 6) is 0.00875. The fourth-order valence-electron chi connectivity index (χ4n) is 3.17. The van der Waals surface area contributed by atoms with Gasteiger partial charge < -0.3 is 9.84 Å². The van der Waals surface area contributed by atoms with Gasteiger partial charge in [0, 0.05) is 0 Å². The fraction of sp³-hybridized carbons (Fsp3) is 0.240. The molecule has 0 fully saturated rings. The van der Waals surface area contributed by atoms with Crippen LogP contribution in [0.25, 0.3) is 0 Å². The minimum atomic E-state index is -0.778. The molecule has 3 rings (SSSR count). The van der Waals surface area contributed by atoms with E-state index in [9.17, 15) is 4.79 Å². The highest BCUT2D eigenvalue weighted by atomic mass is 16.5. The minimum absolute atomic E-state index is 0.00465. The van der Waals surface area contributed by atoms with Crippen LogP contribution in [0.5, 0.6) is 5.75 Å². The van der Waals surface area contributed by atoms with Crippen molar-refractivity contribution in [2.24, 2.45) is 0 Å². The largest absolute Gasteiger partial charge is 0.489 e. The van der Waals surface area contributed by atoms with Crippen LogP contribution in [0.4, 0.5) is 0 Å². The van der Waals surface area contributed by atoms with Crippen LogP contribution in [0, 0.1) is 0 Å². The fourth-order valence-corrected chi connectivity index (χ4v) is 3.17. The highest BCUT2D eigenvalue weighted by Crippen LogP contribution is 2.22. The Morgan fingerprint density at radius 3 is 2.00 bits per heavy atom. The van der Waals surface area contributed by atoms with Crippen molar-refractivity contribution in [3.8, 4) is 5.75 Å². The first kappa shape index (κ1) is 19.7. The molecular weight excluding hydrogens is 348 g/mol. The molecule has 144 valence electrons. The van der Waals surface area contributed by atoms with E-state index in [4.69, 9.17) is 9.84 Å². The van der Waals surface area contributed by atoms with Crippen LogP contribution < -0.4 is 4.74 Å². The Hall–Kier alpha value is -3.07. The molecule has 0 saturated carbocycles. The molecule has 0 bridgehead atoms. The summed E-state index contributed by atoms with van der Waals surface area (Å²) < 4.78 is 5.86.